The van der Waals surface area contributed by atoms with Crippen LogP contribution < -0.4 is 0 Å². The molecule has 2 unspecified atom stereocenters. The zero-order valence-corrected chi connectivity index (χ0v) is 25.0. The molecular formula is C28H46Sr. The van der Waals surface area contributed by atoms with Crippen molar-refractivity contribution in [2.24, 2.45) is 35.5 Å². The van der Waals surface area contributed by atoms with Crippen LogP contribution in [0.5, 0.6) is 0 Å². The molecule has 160 valence electrons. The Morgan fingerprint density at radius 3 is 1.03 bits per heavy atom. The zero-order valence-electron chi connectivity index (χ0n) is 21.5. The molecule has 1 heteroatoms. The Kier molecular flexibility index (Phi) is 8.43. The van der Waals surface area contributed by atoms with Gasteiger partial charge >= 0.3 is 207 Å². The Labute approximate surface area is 205 Å². The van der Waals surface area contributed by atoms with Gasteiger partial charge in [-0.25, -0.2) is 0 Å². The van der Waals surface area contributed by atoms with E-state index in [-0.39, 0.29) is 0 Å². The van der Waals surface area contributed by atoms with Crippen LogP contribution >= 0.6 is 0 Å². The second kappa shape index (κ2) is 9.52. The average Bonchev–Trinajstić information content (AvgIpc) is 3.16. The fourth-order valence-corrected chi connectivity index (χ4v) is 15.3. The fourth-order valence-electron chi connectivity index (χ4n) is 5.75. The summed E-state index contributed by atoms with van der Waals surface area (Å²) in [6, 6.07) is 0. The first kappa shape index (κ1) is 25.7. The maximum atomic E-state index is 2.77. The van der Waals surface area contributed by atoms with Crippen LogP contribution in [0.25, 0.3) is 0 Å². The number of hydrogen-bond donors (Lipinski definition) is 0. The molecule has 2 aliphatic carbocycles. The molecule has 0 saturated heterocycles. The van der Waals surface area contributed by atoms with Gasteiger partial charge in [-0.3, -0.25) is 0 Å². The van der Waals surface area contributed by atoms with Crippen molar-refractivity contribution in [3.8, 4) is 0 Å². The summed E-state index contributed by atoms with van der Waals surface area (Å²) in [6.07, 6.45) is 10.8. The van der Waals surface area contributed by atoms with Crippen LogP contribution in [0.4, 0.5) is 0 Å². The van der Waals surface area contributed by atoms with E-state index in [2.05, 4.69) is 107 Å². The van der Waals surface area contributed by atoms with Gasteiger partial charge in [-0.1, -0.05) is 0 Å². The molecule has 0 N–H and O–H groups in total. The summed E-state index contributed by atoms with van der Waals surface area (Å²) in [5.74, 6) is 3.87. The van der Waals surface area contributed by atoms with Crippen LogP contribution in [0.2, 0.25) is 0.772 Å². The molecule has 2 aliphatic rings. The predicted octanol–water partition coefficient (Wildman–Crippen LogP) is 8.68. The number of rotatable bonds is 8. The van der Waals surface area contributed by atoms with Crippen molar-refractivity contribution in [2.45, 2.75) is 83.9 Å². The van der Waals surface area contributed by atoms with Gasteiger partial charge in [-0.05, 0) is 0 Å². The predicted molar refractivity (Wildman–Crippen MR) is 133 cm³/mol. The molecule has 0 aromatic carbocycles. The summed E-state index contributed by atoms with van der Waals surface area (Å²) in [5.41, 5.74) is 6.70. The second-order valence-electron chi connectivity index (χ2n) is 11.7. The van der Waals surface area contributed by atoms with Crippen molar-refractivity contribution in [3.63, 3.8) is 0 Å². The van der Waals surface area contributed by atoms with Gasteiger partial charge in [0.2, 0.25) is 0 Å². The topological polar surface area (TPSA) is 0 Å². The van der Waals surface area contributed by atoms with Crippen molar-refractivity contribution in [2.75, 3.05) is 0 Å². The molecule has 0 fully saturated rings. The normalized spacial score (nSPS) is 27.4. The first-order valence-corrected chi connectivity index (χ1v) is 15.7. The van der Waals surface area contributed by atoms with E-state index in [9.17, 15) is 0 Å². The van der Waals surface area contributed by atoms with Gasteiger partial charge in [0.05, 0.1) is 0 Å². The Balaban J connectivity index is 2.72. The molecule has 0 radical (unpaired) electrons. The third-order valence-corrected chi connectivity index (χ3v) is 17.7. The zero-order chi connectivity index (χ0) is 22.3. The summed E-state index contributed by atoms with van der Waals surface area (Å²) < 4.78 is 0.716. The average molecular weight is 470 g/mol. The van der Waals surface area contributed by atoms with Crippen LogP contribution in [0.15, 0.2) is 46.6 Å². The molecule has 0 spiro atoms. The SMILES string of the molecule is CC(C)C1=C[C]([Sr][C]2(C(C)C)C=C(C(C)C)C=C2C(C)C)(C(C)C)C(C(C)C)=C1. The molecule has 0 saturated carbocycles. The van der Waals surface area contributed by atoms with Crippen LogP contribution in [-0.4, -0.2) is 41.0 Å². The first-order valence-electron chi connectivity index (χ1n) is 12.2. The van der Waals surface area contributed by atoms with Crippen molar-refractivity contribution in [1.29, 1.82) is 0 Å². The van der Waals surface area contributed by atoms with Gasteiger partial charge < -0.3 is 0 Å². The fraction of sp³-hybridized carbons (Fsp3) is 0.714. The standard InChI is InChI=1S/2C14H23.Sr/c2*1-9(2)12-7-13(10(3)4)14(8-12)11(5)6;/h2*7-11H,1-6H3;. The second-order valence-corrected chi connectivity index (χ2v) is 18.3. The van der Waals surface area contributed by atoms with Crippen LogP contribution in [0.1, 0.15) is 83.1 Å². The van der Waals surface area contributed by atoms with Gasteiger partial charge in [0, 0.05) is 0 Å². The molecule has 0 aromatic heterocycles. The van der Waals surface area contributed by atoms with Gasteiger partial charge in [0.1, 0.15) is 0 Å². The minimum atomic E-state index is -1.44. The molecule has 2 atom stereocenters. The van der Waals surface area contributed by atoms with Gasteiger partial charge in [-0.15, -0.1) is 0 Å². The monoisotopic (exact) mass is 470 g/mol. The van der Waals surface area contributed by atoms with E-state index in [1.165, 1.54) is 0 Å². The maximum absolute atomic E-state index is 2.77. The molecule has 0 nitrogen and oxygen atoms in total. The minimum absolute atomic E-state index is 0.358. The molecule has 0 amide bonds. The van der Waals surface area contributed by atoms with Crippen molar-refractivity contribution in [1.82, 2.24) is 0 Å². The molecule has 29 heavy (non-hydrogen) atoms. The number of hydrogen-bond acceptors (Lipinski definition) is 0. The van der Waals surface area contributed by atoms with Gasteiger partial charge in [0.25, 0.3) is 0 Å². The summed E-state index contributed by atoms with van der Waals surface area (Å²) in [5, 5.41) is 0. The van der Waals surface area contributed by atoms with E-state index >= 15 is 0 Å². The van der Waals surface area contributed by atoms with E-state index in [4.69, 9.17) is 0 Å². The molecule has 2 rings (SSSR count). The van der Waals surface area contributed by atoms with Crippen molar-refractivity contribution in [3.05, 3.63) is 46.6 Å². The van der Waals surface area contributed by atoms with E-state index in [1.54, 1.807) is 22.3 Å². The van der Waals surface area contributed by atoms with E-state index < -0.39 is 41.0 Å². The van der Waals surface area contributed by atoms with Crippen molar-refractivity contribution < 1.29 is 0 Å². The molecule has 0 aliphatic heterocycles. The van der Waals surface area contributed by atoms with Gasteiger partial charge in [0.15, 0.2) is 0 Å². The Morgan fingerprint density at radius 2 is 0.828 bits per heavy atom. The third-order valence-electron chi connectivity index (χ3n) is 7.79. The van der Waals surface area contributed by atoms with E-state index in [1.807, 2.05) is 0 Å². The molecule has 0 aromatic rings. The summed E-state index contributed by atoms with van der Waals surface area (Å²) in [7, 11) is 0. The molecular weight excluding hydrogens is 424 g/mol. The summed E-state index contributed by atoms with van der Waals surface area (Å²) in [6.45, 7) is 29.2. The quantitative estimate of drug-likeness (QED) is 0.312. The van der Waals surface area contributed by atoms with Crippen molar-refractivity contribution >= 4 is 41.0 Å². The Morgan fingerprint density at radius 1 is 0.517 bits per heavy atom. The van der Waals surface area contributed by atoms with E-state index in [0.29, 0.717) is 36.3 Å². The summed E-state index contributed by atoms with van der Waals surface area (Å²) in [4.78, 5) is 0. The Bertz CT molecular complexity index is 661. The van der Waals surface area contributed by atoms with Crippen LogP contribution in [0.3, 0.4) is 0 Å². The van der Waals surface area contributed by atoms with Gasteiger partial charge in [-0.2, -0.15) is 0 Å². The number of allylic oxidation sites excluding steroid dienone is 8. The first-order chi connectivity index (χ1) is 13.3. The summed E-state index contributed by atoms with van der Waals surface area (Å²) >= 11 is -1.44. The van der Waals surface area contributed by atoms with Crippen LogP contribution in [0, 0.1) is 35.5 Å². The Hall–Kier alpha value is 0.441. The molecule has 0 heterocycles. The van der Waals surface area contributed by atoms with Crippen LogP contribution in [-0.2, 0) is 0 Å². The molecule has 0 bridgehead atoms. The third kappa shape index (κ3) is 4.79. The van der Waals surface area contributed by atoms with E-state index in [0.717, 1.165) is 0 Å².